The Morgan fingerprint density at radius 2 is 1.93 bits per heavy atom. The largest absolute Gasteiger partial charge is 0.505 e. The molecule has 2 aromatic carbocycles. The molecule has 0 saturated carbocycles. The third kappa shape index (κ3) is 3.36. The van der Waals surface area contributed by atoms with Gasteiger partial charge in [-0.1, -0.05) is 12.1 Å². The van der Waals surface area contributed by atoms with Gasteiger partial charge < -0.3 is 14.9 Å². The molecule has 0 radical (unpaired) electrons. The maximum atomic E-state index is 13.2. The lowest BCUT2D eigenvalue weighted by Crippen LogP contribution is -2.24. The second-order valence-corrected chi connectivity index (χ2v) is 7.85. The van der Waals surface area contributed by atoms with Gasteiger partial charge in [-0.25, -0.2) is 4.39 Å². The zero-order chi connectivity index (χ0) is 21.6. The van der Waals surface area contributed by atoms with Crippen molar-refractivity contribution in [1.29, 1.82) is 0 Å². The molecule has 0 bridgehead atoms. The molecule has 1 aromatic heterocycles. The lowest BCUT2D eigenvalue weighted by molar-refractivity contribution is -0.127. The van der Waals surface area contributed by atoms with Crippen LogP contribution in [0.1, 0.15) is 32.6 Å². The highest BCUT2D eigenvalue weighted by Crippen LogP contribution is 2.39. The van der Waals surface area contributed by atoms with Gasteiger partial charge in [-0.3, -0.25) is 14.6 Å². The summed E-state index contributed by atoms with van der Waals surface area (Å²) in [7, 11) is 5.03. The standard InChI is InChI=1S/C23H22FN3O3/c1-26(2)19(28)10-16-17-9-14(8-13-4-6-15(24)7-5-13)11-25-21(17)22(29)20-18(16)12-27(3)23(20)30/h4-7,9,11,29H,8,10,12H2,1-3H3. The van der Waals surface area contributed by atoms with E-state index in [1.807, 2.05) is 6.07 Å². The van der Waals surface area contributed by atoms with Crippen LogP contribution in [0.25, 0.3) is 10.9 Å². The van der Waals surface area contributed by atoms with Crippen LogP contribution in [-0.4, -0.2) is 52.8 Å². The van der Waals surface area contributed by atoms with Crippen molar-refractivity contribution in [2.45, 2.75) is 19.4 Å². The van der Waals surface area contributed by atoms with E-state index in [9.17, 15) is 19.1 Å². The van der Waals surface area contributed by atoms with Crippen molar-refractivity contribution in [3.8, 4) is 5.75 Å². The van der Waals surface area contributed by atoms with Crippen molar-refractivity contribution >= 4 is 22.7 Å². The summed E-state index contributed by atoms with van der Waals surface area (Å²) in [6.45, 7) is 0.329. The summed E-state index contributed by atoms with van der Waals surface area (Å²) in [4.78, 5) is 32.5. The van der Waals surface area contributed by atoms with Crippen molar-refractivity contribution in [3.05, 3.63) is 70.2 Å². The monoisotopic (exact) mass is 407 g/mol. The highest BCUT2D eigenvalue weighted by Gasteiger charge is 2.33. The normalized spacial score (nSPS) is 13.1. The molecule has 0 saturated heterocycles. The summed E-state index contributed by atoms with van der Waals surface area (Å²) >= 11 is 0. The summed E-state index contributed by atoms with van der Waals surface area (Å²) in [5.41, 5.74) is 3.70. The van der Waals surface area contributed by atoms with Gasteiger partial charge in [0.15, 0.2) is 5.75 Å². The number of halogens is 1. The van der Waals surface area contributed by atoms with E-state index in [0.29, 0.717) is 35.0 Å². The van der Waals surface area contributed by atoms with Crippen LogP contribution in [0.5, 0.6) is 5.75 Å². The fourth-order valence-electron chi connectivity index (χ4n) is 3.85. The number of phenols is 1. The van der Waals surface area contributed by atoms with Crippen molar-refractivity contribution in [2.24, 2.45) is 0 Å². The fourth-order valence-corrected chi connectivity index (χ4v) is 3.85. The van der Waals surface area contributed by atoms with E-state index < -0.39 is 0 Å². The number of rotatable bonds is 4. The average molecular weight is 407 g/mol. The first-order chi connectivity index (χ1) is 14.3. The summed E-state index contributed by atoms with van der Waals surface area (Å²) < 4.78 is 13.2. The van der Waals surface area contributed by atoms with Crippen molar-refractivity contribution in [1.82, 2.24) is 14.8 Å². The van der Waals surface area contributed by atoms with E-state index in [1.165, 1.54) is 21.9 Å². The van der Waals surface area contributed by atoms with Gasteiger partial charge in [0.1, 0.15) is 11.3 Å². The molecular formula is C23H22FN3O3. The number of carbonyl (C=O) groups excluding carboxylic acids is 2. The fraction of sp³-hybridized carbons (Fsp3) is 0.261. The number of hydrogen-bond acceptors (Lipinski definition) is 4. The van der Waals surface area contributed by atoms with Gasteiger partial charge in [-0.05, 0) is 46.9 Å². The molecule has 0 aliphatic carbocycles. The molecule has 2 amide bonds. The molecular weight excluding hydrogens is 385 g/mol. The molecule has 0 fully saturated rings. The third-order valence-corrected chi connectivity index (χ3v) is 5.50. The highest BCUT2D eigenvalue weighted by molar-refractivity contribution is 6.08. The predicted molar refractivity (Wildman–Crippen MR) is 111 cm³/mol. The number of hydrogen-bond donors (Lipinski definition) is 1. The topological polar surface area (TPSA) is 73.7 Å². The molecule has 0 atom stereocenters. The number of phenolic OH excluding ortho intramolecular Hbond substituents is 1. The van der Waals surface area contributed by atoms with Gasteiger partial charge in [0.05, 0.1) is 12.0 Å². The SMILES string of the molecule is CN(C)C(=O)Cc1c2c(c(O)c3ncc(Cc4ccc(F)cc4)cc13)C(=O)N(C)C2. The minimum absolute atomic E-state index is 0.102. The van der Waals surface area contributed by atoms with E-state index in [-0.39, 0.29) is 35.4 Å². The van der Waals surface area contributed by atoms with Crippen molar-refractivity contribution in [2.75, 3.05) is 21.1 Å². The number of likely N-dealkylation sites (N-methyl/N-ethyl adjacent to an activating group) is 1. The molecule has 1 aliphatic heterocycles. The molecule has 154 valence electrons. The van der Waals surface area contributed by atoms with Gasteiger partial charge in [-0.15, -0.1) is 0 Å². The molecule has 6 nitrogen and oxygen atoms in total. The molecule has 2 heterocycles. The van der Waals surface area contributed by atoms with Crippen LogP contribution < -0.4 is 0 Å². The first kappa shape index (κ1) is 19.8. The first-order valence-electron chi connectivity index (χ1n) is 9.61. The van der Waals surface area contributed by atoms with Crippen LogP contribution in [0.15, 0.2) is 36.5 Å². The van der Waals surface area contributed by atoms with Gasteiger partial charge in [0.25, 0.3) is 5.91 Å². The maximum Gasteiger partial charge on any atom is 0.258 e. The Morgan fingerprint density at radius 3 is 2.60 bits per heavy atom. The number of amides is 2. The average Bonchev–Trinajstić information content (AvgIpc) is 3.01. The Hall–Kier alpha value is -3.48. The Morgan fingerprint density at radius 1 is 1.23 bits per heavy atom. The molecule has 0 spiro atoms. The van der Waals surface area contributed by atoms with Crippen LogP contribution in [0.2, 0.25) is 0 Å². The Labute approximate surface area is 173 Å². The van der Waals surface area contributed by atoms with Gasteiger partial charge in [0.2, 0.25) is 5.91 Å². The van der Waals surface area contributed by atoms with Gasteiger partial charge >= 0.3 is 0 Å². The molecule has 3 aromatic rings. The minimum atomic E-state index is -0.297. The van der Waals surface area contributed by atoms with Crippen molar-refractivity contribution < 1.29 is 19.1 Å². The quantitative estimate of drug-likeness (QED) is 0.722. The number of aromatic hydroxyl groups is 1. The van der Waals surface area contributed by atoms with Crippen molar-refractivity contribution in [3.63, 3.8) is 0 Å². The molecule has 30 heavy (non-hydrogen) atoms. The first-order valence-corrected chi connectivity index (χ1v) is 9.61. The number of nitrogens with zero attached hydrogens (tertiary/aromatic N) is 3. The lowest BCUT2D eigenvalue weighted by atomic mass is 9.93. The van der Waals surface area contributed by atoms with E-state index in [2.05, 4.69) is 4.98 Å². The Balaban J connectivity index is 1.88. The lowest BCUT2D eigenvalue weighted by Gasteiger charge is -2.16. The summed E-state index contributed by atoms with van der Waals surface area (Å²) in [6.07, 6.45) is 2.27. The number of fused-ring (bicyclic) bond motifs is 2. The number of benzene rings is 2. The molecule has 0 unspecified atom stereocenters. The van der Waals surface area contributed by atoms with Crippen LogP contribution in [0, 0.1) is 5.82 Å². The Bertz CT molecular complexity index is 1170. The number of aromatic nitrogens is 1. The number of carbonyl (C=O) groups is 2. The second-order valence-electron chi connectivity index (χ2n) is 7.85. The van der Waals surface area contributed by atoms with Crippen LogP contribution in [0.3, 0.4) is 0 Å². The van der Waals surface area contributed by atoms with E-state index in [4.69, 9.17) is 0 Å². The van der Waals surface area contributed by atoms with E-state index in [1.54, 1.807) is 39.5 Å². The maximum absolute atomic E-state index is 13.2. The summed E-state index contributed by atoms with van der Waals surface area (Å²) in [5.74, 6) is -0.826. The number of pyridine rings is 1. The summed E-state index contributed by atoms with van der Waals surface area (Å²) in [5, 5.41) is 11.4. The van der Waals surface area contributed by atoms with Crippen LogP contribution in [-0.2, 0) is 24.2 Å². The molecule has 1 N–H and O–H groups in total. The Kier molecular flexibility index (Phi) is 4.89. The predicted octanol–water partition coefficient (Wildman–Crippen LogP) is 2.89. The van der Waals surface area contributed by atoms with Gasteiger partial charge in [-0.2, -0.15) is 0 Å². The smallest absolute Gasteiger partial charge is 0.258 e. The highest BCUT2D eigenvalue weighted by atomic mass is 19.1. The molecule has 1 aliphatic rings. The van der Waals surface area contributed by atoms with Gasteiger partial charge in [0, 0.05) is 39.3 Å². The van der Waals surface area contributed by atoms with E-state index in [0.717, 1.165) is 11.1 Å². The third-order valence-electron chi connectivity index (χ3n) is 5.50. The van der Waals surface area contributed by atoms with Crippen LogP contribution in [0.4, 0.5) is 4.39 Å². The second kappa shape index (κ2) is 7.40. The zero-order valence-electron chi connectivity index (χ0n) is 17.1. The summed E-state index contributed by atoms with van der Waals surface area (Å²) in [6, 6.07) is 8.14. The molecule has 7 heteroatoms. The van der Waals surface area contributed by atoms with E-state index >= 15 is 0 Å². The zero-order valence-corrected chi connectivity index (χ0v) is 17.1. The minimum Gasteiger partial charge on any atom is -0.505 e. The molecule has 4 rings (SSSR count). The van der Waals surface area contributed by atoms with Crippen LogP contribution >= 0.6 is 0 Å².